The van der Waals surface area contributed by atoms with E-state index in [1.54, 1.807) is 0 Å². The predicted molar refractivity (Wildman–Crippen MR) is 148 cm³/mol. The topological polar surface area (TPSA) is 40.5 Å². The van der Waals surface area contributed by atoms with Crippen molar-refractivity contribution in [3.05, 3.63) is 127 Å². The van der Waals surface area contributed by atoms with Crippen LogP contribution in [0.15, 0.2) is 127 Å². The summed E-state index contributed by atoms with van der Waals surface area (Å²) in [4.78, 5) is 0. The van der Waals surface area contributed by atoms with Crippen molar-refractivity contribution in [2.75, 3.05) is 0 Å². The molecule has 6 rings (SSSR count). The minimum Gasteiger partial charge on any atom is -0.423 e. The summed E-state index contributed by atoms with van der Waals surface area (Å²) in [5.74, 6) is 0. The van der Waals surface area contributed by atoms with E-state index in [9.17, 15) is 10.0 Å². The number of benzene rings is 6. The Morgan fingerprint density at radius 3 is 1.57 bits per heavy atom. The van der Waals surface area contributed by atoms with Gasteiger partial charge in [0, 0.05) is 0 Å². The van der Waals surface area contributed by atoms with Crippen LogP contribution in [0.3, 0.4) is 0 Å². The zero-order valence-electron chi connectivity index (χ0n) is 19.1. The molecule has 0 aliphatic carbocycles. The quantitative estimate of drug-likeness (QED) is 0.295. The van der Waals surface area contributed by atoms with Gasteiger partial charge in [-0.05, 0) is 78.6 Å². The van der Waals surface area contributed by atoms with E-state index in [0.717, 1.165) is 33.0 Å². The van der Waals surface area contributed by atoms with Crippen molar-refractivity contribution in [3.8, 4) is 33.4 Å². The second-order valence-corrected chi connectivity index (χ2v) is 8.88. The minimum atomic E-state index is -1.53. The Labute approximate surface area is 204 Å². The van der Waals surface area contributed by atoms with Crippen LogP contribution in [-0.4, -0.2) is 17.2 Å². The molecule has 6 aromatic rings. The third kappa shape index (κ3) is 4.12. The van der Waals surface area contributed by atoms with Crippen molar-refractivity contribution >= 4 is 34.1 Å². The second kappa shape index (κ2) is 8.88. The molecule has 0 aliphatic heterocycles. The van der Waals surface area contributed by atoms with Gasteiger partial charge in [-0.1, -0.05) is 109 Å². The van der Waals surface area contributed by atoms with Crippen LogP contribution in [-0.2, 0) is 0 Å². The van der Waals surface area contributed by atoms with Crippen molar-refractivity contribution in [3.63, 3.8) is 0 Å². The molecule has 2 N–H and O–H groups in total. The van der Waals surface area contributed by atoms with E-state index in [1.165, 1.54) is 21.9 Å². The van der Waals surface area contributed by atoms with Gasteiger partial charge in [0.15, 0.2) is 0 Å². The summed E-state index contributed by atoms with van der Waals surface area (Å²) in [5, 5.41) is 24.4. The molecule has 0 spiro atoms. The van der Waals surface area contributed by atoms with Gasteiger partial charge in [-0.2, -0.15) is 0 Å². The number of fused-ring (bicyclic) bond motifs is 2. The lowest BCUT2D eigenvalue weighted by molar-refractivity contribution is 0.426. The molecule has 0 unspecified atom stereocenters. The van der Waals surface area contributed by atoms with Crippen LogP contribution >= 0.6 is 0 Å². The second-order valence-electron chi connectivity index (χ2n) is 8.88. The van der Waals surface area contributed by atoms with Gasteiger partial charge >= 0.3 is 7.12 Å². The molecule has 166 valence electrons. The van der Waals surface area contributed by atoms with E-state index in [-0.39, 0.29) is 0 Å². The lowest BCUT2D eigenvalue weighted by atomic mass is 9.75. The first-order chi connectivity index (χ1) is 17.2. The van der Waals surface area contributed by atoms with Crippen molar-refractivity contribution in [2.45, 2.75) is 0 Å². The molecule has 2 nitrogen and oxygen atoms in total. The summed E-state index contributed by atoms with van der Waals surface area (Å²) < 4.78 is 0. The van der Waals surface area contributed by atoms with E-state index in [0.29, 0.717) is 5.46 Å². The lowest BCUT2D eigenvalue weighted by Gasteiger charge is -2.12. The van der Waals surface area contributed by atoms with Gasteiger partial charge < -0.3 is 10.0 Å². The van der Waals surface area contributed by atoms with Crippen LogP contribution in [0.1, 0.15) is 0 Å². The summed E-state index contributed by atoms with van der Waals surface area (Å²) in [6, 6.07) is 43.7. The van der Waals surface area contributed by atoms with Crippen LogP contribution < -0.4 is 5.46 Å². The maximum Gasteiger partial charge on any atom is 0.489 e. The van der Waals surface area contributed by atoms with Gasteiger partial charge in [-0.15, -0.1) is 0 Å². The first kappa shape index (κ1) is 21.4. The molecule has 6 aromatic carbocycles. The van der Waals surface area contributed by atoms with Crippen LogP contribution in [0.4, 0.5) is 0 Å². The molecular weight excluding hydrogens is 427 g/mol. The molecule has 3 heteroatoms. The summed E-state index contributed by atoms with van der Waals surface area (Å²) in [5.41, 5.74) is 7.10. The molecule has 0 aromatic heterocycles. The molecule has 0 amide bonds. The van der Waals surface area contributed by atoms with Gasteiger partial charge in [0.1, 0.15) is 0 Å². The summed E-state index contributed by atoms with van der Waals surface area (Å²) in [6.45, 7) is 0. The Kier molecular flexibility index (Phi) is 5.42. The molecular formula is C32H23BO2. The Bertz CT molecular complexity index is 1660. The highest BCUT2D eigenvalue weighted by molar-refractivity contribution is 6.62. The standard InChI is InChI=1S/C32H23BO2/c34-33(35)32-21-29(22-6-2-1-3-7-22)20-30-19-28(16-17-31(30)32)25-12-10-24(11-13-25)27-15-14-23-8-4-5-9-26(23)18-27/h1-21,34-35H. The maximum absolute atomic E-state index is 10.0. The highest BCUT2D eigenvalue weighted by Crippen LogP contribution is 2.30. The fraction of sp³-hybridized carbons (Fsp3) is 0. The molecule has 0 heterocycles. The fourth-order valence-electron chi connectivity index (χ4n) is 4.81. The van der Waals surface area contributed by atoms with Crippen molar-refractivity contribution < 1.29 is 10.0 Å². The molecule has 0 saturated carbocycles. The van der Waals surface area contributed by atoms with E-state index in [1.807, 2.05) is 48.5 Å². The Balaban J connectivity index is 1.40. The average Bonchev–Trinajstić information content (AvgIpc) is 2.92. The summed E-state index contributed by atoms with van der Waals surface area (Å²) in [6.07, 6.45) is 0. The Morgan fingerprint density at radius 1 is 0.371 bits per heavy atom. The van der Waals surface area contributed by atoms with Gasteiger partial charge in [0.2, 0.25) is 0 Å². The highest BCUT2D eigenvalue weighted by Gasteiger charge is 2.17. The zero-order valence-corrected chi connectivity index (χ0v) is 19.1. The van der Waals surface area contributed by atoms with Crippen molar-refractivity contribution in [1.82, 2.24) is 0 Å². The number of hydrogen-bond acceptors (Lipinski definition) is 2. The maximum atomic E-state index is 10.0. The van der Waals surface area contributed by atoms with E-state index < -0.39 is 7.12 Å². The van der Waals surface area contributed by atoms with Crippen LogP contribution in [0.25, 0.3) is 54.9 Å². The van der Waals surface area contributed by atoms with E-state index in [4.69, 9.17) is 0 Å². The van der Waals surface area contributed by atoms with Gasteiger partial charge in [-0.25, -0.2) is 0 Å². The number of rotatable bonds is 4. The molecule has 35 heavy (non-hydrogen) atoms. The molecule has 0 radical (unpaired) electrons. The largest absolute Gasteiger partial charge is 0.489 e. The Hall–Kier alpha value is -4.18. The molecule has 0 bridgehead atoms. The fourth-order valence-corrected chi connectivity index (χ4v) is 4.81. The summed E-state index contributed by atoms with van der Waals surface area (Å²) in [7, 11) is -1.53. The molecule has 0 aliphatic rings. The first-order valence-corrected chi connectivity index (χ1v) is 11.7. The highest BCUT2D eigenvalue weighted by atomic mass is 16.4. The number of hydrogen-bond donors (Lipinski definition) is 2. The predicted octanol–water partition coefficient (Wildman–Crippen LogP) is 6.67. The molecule has 0 saturated heterocycles. The normalized spacial score (nSPS) is 11.1. The third-order valence-electron chi connectivity index (χ3n) is 6.67. The molecule has 0 fully saturated rings. The first-order valence-electron chi connectivity index (χ1n) is 11.7. The van der Waals surface area contributed by atoms with E-state index in [2.05, 4.69) is 78.9 Å². The monoisotopic (exact) mass is 450 g/mol. The third-order valence-corrected chi connectivity index (χ3v) is 6.67. The average molecular weight is 450 g/mol. The van der Waals surface area contributed by atoms with Crippen LogP contribution in [0.2, 0.25) is 0 Å². The van der Waals surface area contributed by atoms with Crippen LogP contribution in [0, 0.1) is 0 Å². The van der Waals surface area contributed by atoms with E-state index >= 15 is 0 Å². The SMILES string of the molecule is OB(O)c1cc(-c2ccccc2)cc2cc(-c3ccc(-c4ccc5ccccc5c4)cc3)ccc12. The minimum absolute atomic E-state index is 0.513. The van der Waals surface area contributed by atoms with Crippen LogP contribution in [0.5, 0.6) is 0 Å². The van der Waals surface area contributed by atoms with Crippen molar-refractivity contribution in [1.29, 1.82) is 0 Å². The van der Waals surface area contributed by atoms with Gasteiger partial charge in [0.25, 0.3) is 0 Å². The van der Waals surface area contributed by atoms with Gasteiger partial charge in [0.05, 0.1) is 0 Å². The Morgan fingerprint density at radius 2 is 0.886 bits per heavy atom. The lowest BCUT2D eigenvalue weighted by Crippen LogP contribution is -2.30. The molecule has 0 atom stereocenters. The smallest absolute Gasteiger partial charge is 0.423 e. The zero-order chi connectivity index (χ0) is 23.8. The van der Waals surface area contributed by atoms with Crippen molar-refractivity contribution in [2.24, 2.45) is 0 Å². The van der Waals surface area contributed by atoms with Gasteiger partial charge in [-0.3, -0.25) is 0 Å². The summed E-state index contributed by atoms with van der Waals surface area (Å²) >= 11 is 0.